The van der Waals surface area contributed by atoms with Crippen LogP contribution in [-0.4, -0.2) is 29.8 Å². The monoisotopic (exact) mass is 427 g/mol. The highest BCUT2D eigenvalue weighted by Gasteiger charge is 2.27. The molecule has 0 spiro atoms. The molecule has 1 amide bonds. The quantitative estimate of drug-likeness (QED) is 0.376. The number of para-hydroxylation sites is 2. The fourth-order valence-corrected chi connectivity index (χ4v) is 3.03. The van der Waals surface area contributed by atoms with E-state index in [0.29, 0.717) is 28.6 Å². The van der Waals surface area contributed by atoms with E-state index in [1.54, 1.807) is 30.3 Å². The SMILES string of the molecule is O=C(N/N=C\c1ccc(-c2ccc([N+](=O)[O-])cc2Cl)o1)C1COc2ccccc2O1. The normalized spacial score (nSPS) is 15.2. The molecule has 4 rings (SSSR count). The van der Waals surface area contributed by atoms with Crippen molar-refractivity contribution in [3.05, 3.63) is 75.5 Å². The number of hydrogen-bond acceptors (Lipinski definition) is 7. The molecule has 1 aromatic heterocycles. The molecule has 152 valence electrons. The number of halogens is 1. The molecule has 0 radical (unpaired) electrons. The molecule has 30 heavy (non-hydrogen) atoms. The molecule has 1 aliphatic heterocycles. The number of nitro benzene ring substituents is 1. The van der Waals surface area contributed by atoms with Gasteiger partial charge in [0.15, 0.2) is 11.5 Å². The molecule has 1 aliphatic rings. The summed E-state index contributed by atoms with van der Waals surface area (Å²) in [6, 6.07) is 14.4. The van der Waals surface area contributed by atoms with Gasteiger partial charge >= 0.3 is 0 Å². The van der Waals surface area contributed by atoms with Gasteiger partial charge in [-0.25, -0.2) is 5.43 Å². The Balaban J connectivity index is 1.38. The Morgan fingerprint density at radius 1 is 1.20 bits per heavy atom. The summed E-state index contributed by atoms with van der Waals surface area (Å²) in [4.78, 5) is 22.5. The van der Waals surface area contributed by atoms with Crippen LogP contribution in [0.5, 0.6) is 11.5 Å². The van der Waals surface area contributed by atoms with Crippen molar-refractivity contribution in [1.82, 2.24) is 5.43 Å². The smallest absolute Gasteiger partial charge is 0.284 e. The molecule has 3 aromatic rings. The Kier molecular flexibility index (Phi) is 5.36. The number of fused-ring (bicyclic) bond motifs is 1. The van der Waals surface area contributed by atoms with E-state index in [1.807, 2.05) is 6.07 Å². The second kappa shape index (κ2) is 8.26. The largest absolute Gasteiger partial charge is 0.485 e. The molecule has 0 saturated heterocycles. The number of ether oxygens (including phenoxy) is 2. The van der Waals surface area contributed by atoms with Gasteiger partial charge in [-0.15, -0.1) is 0 Å². The van der Waals surface area contributed by atoms with Crippen LogP contribution >= 0.6 is 11.6 Å². The van der Waals surface area contributed by atoms with E-state index in [2.05, 4.69) is 10.5 Å². The van der Waals surface area contributed by atoms with Crippen LogP contribution in [-0.2, 0) is 4.79 Å². The number of nitrogens with one attached hydrogen (secondary N) is 1. The summed E-state index contributed by atoms with van der Waals surface area (Å²) in [6.07, 6.45) is 0.487. The molecule has 0 bridgehead atoms. The van der Waals surface area contributed by atoms with Gasteiger partial charge in [-0.1, -0.05) is 23.7 Å². The first-order valence-corrected chi connectivity index (χ1v) is 9.14. The van der Waals surface area contributed by atoms with Crippen LogP contribution in [0.2, 0.25) is 5.02 Å². The van der Waals surface area contributed by atoms with Gasteiger partial charge in [0, 0.05) is 17.7 Å². The lowest BCUT2D eigenvalue weighted by atomic mass is 10.1. The van der Waals surface area contributed by atoms with Gasteiger partial charge in [-0.2, -0.15) is 5.10 Å². The Bertz CT molecular complexity index is 1140. The highest BCUT2D eigenvalue weighted by molar-refractivity contribution is 6.33. The average molecular weight is 428 g/mol. The van der Waals surface area contributed by atoms with Crippen molar-refractivity contribution >= 4 is 29.4 Å². The summed E-state index contributed by atoms with van der Waals surface area (Å²) < 4.78 is 16.7. The molecule has 10 heteroatoms. The third-order valence-corrected chi connectivity index (χ3v) is 4.54. The summed E-state index contributed by atoms with van der Waals surface area (Å²) in [5.41, 5.74) is 2.76. The molecule has 2 aromatic carbocycles. The standard InChI is InChI=1S/C20H14ClN3O6/c21-15-9-12(24(26)27)5-7-14(15)16-8-6-13(29-16)10-22-23-20(25)19-11-28-17-3-1-2-4-18(17)30-19/h1-10,19H,11H2,(H,23,25)/b22-10-. The van der Waals surface area contributed by atoms with Crippen molar-refractivity contribution in [2.24, 2.45) is 5.10 Å². The summed E-state index contributed by atoms with van der Waals surface area (Å²) in [5.74, 6) is 1.36. The van der Waals surface area contributed by atoms with Crippen LogP contribution in [0.1, 0.15) is 5.76 Å². The van der Waals surface area contributed by atoms with E-state index in [9.17, 15) is 14.9 Å². The number of rotatable bonds is 5. The highest BCUT2D eigenvalue weighted by Crippen LogP contribution is 2.32. The number of hydrogen-bond donors (Lipinski definition) is 1. The minimum Gasteiger partial charge on any atom is -0.485 e. The zero-order valence-corrected chi connectivity index (χ0v) is 16.0. The van der Waals surface area contributed by atoms with Crippen molar-refractivity contribution in [3.63, 3.8) is 0 Å². The first kappa shape index (κ1) is 19.5. The number of carbonyl (C=O) groups excluding carboxylic acids is 1. The van der Waals surface area contributed by atoms with Gasteiger partial charge in [0.25, 0.3) is 11.6 Å². The Labute approximate surface area is 175 Å². The van der Waals surface area contributed by atoms with Gasteiger partial charge < -0.3 is 13.9 Å². The fraction of sp³-hybridized carbons (Fsp3) is 0.100. The Morgan fingerprint density at radius 2 is 2.00 bits per heavy atom. The highest BCUT2D eigenvalue weighted by atomic mass is 35.5. The zero-order chi connectivity index (χ0) is 21.1. The van der Waals surface area contributed by atoms with Crippen LogP contribution in [0.15, 0.2) is 64.1 Å². The maximum absolute atomic E-state index is 12.2. The summed E-state index contributed by atoms with van der Waals surface area (Å²) in [5, 5.41) is 14.9. The fourth-order valence-electron chi connectivity index (χ4n) is 2.76. The van der Waals surface area contributed by atoms with E-state index >= 15 is 0 Å². The minimum atomic E-state index is -0.830. The predicted molar refractivity (Wildman–Crippen MR) is 108 cm³/mol. The average Bonchev–Trinajstić information content (AvgIpc) is 3.21. The molecule has 0 aliphatic carbocycles. The molecule has 1 N–H and O–H groups in total. The number of nitrogens with zero attached hydrogens (tertiary/aromatic N) is 2. The van der Waals surface area contributed by atoms with Gasteiger partial charge in [0.2, 0.25) is 6.10 Å². The minimum absolute atomic E-state index is 0.0713. The number of furan rings is 1. The maximum atomic E-state index is 12.2. The van der Waals surface area contributed by atoms with Gasteiger partial charge in [0.05, 0.1) is 16.2 Å². The number of nitro groups is 1. The first-order valence-electron chi connectivity index (χ1n) is 8.77. The van der Waals surface area contributed by atoms with Crippen LogP contribution in [0.25, 0.3) is 11.3 Å². The van der Waals surface area contributed by atoms with Crippen molar-refractivity contribution in [1.29, 1.82) is 0 Å². The lowest BCUT2D eigenvalue weighted by molar-refractivity contribution is -0.384. The third kappa shape index (κ3) is 4.11. The van der Waals surface area contributed by atoms with Gasteiger partial charge in [0.1, 0.15) is 18.1 Å². The van der Waals surface area contributed by atoms with Crippen molar-refractivity contribution < 1.29 is 23.6 Å². The van der Waals surface area contributed by atoms with Crippen LogP contribution < -0.4 is 14.9 Å². The molecule has 9 nitrogen and oxygen atoms in total. The Morgan fingerprint density at radius 3 is 2.77 bits per heavy atom. The lowest BCUT2D eigenvalue weighted by Crippen LogP contribution is -2.42. The van der Waals surface area contributed by atoms with E-state index in [0.717, 1.165) is 0 Å². The molecule has 0 fully saturated rings. The zero-order valence-electron chi connectivity index (χ0n) is 15.3. The number of amides is 1. The molecule has 0 saturated carbocycles. The van der Waals surface area contributed by atoms with E-state index in [-0.39, 0.29) is 17.3 Å². The van der Waals surface area contributed by atoms with Gasteiger partial charge in [-0.05, 0) is 30.3 Å². The van der Waals surface area contributed by atoms with Crippen LogP contribution in [0.4, 0.5) is 5.69 Å². The molecular weight excluding hydrogens is 414 g/mol. The predicted octanol–water partition coefficient (Wildman–Crippen LogP) is 3.80. The third-order valence-electron chi connectivity index (χ3n) is 4.22. The van der Waals surface area contributed by atoms with Crippen LogP contribution in [0, 0.1) is 10.1 Å². The van der Waals surface area contributed by atoms with Gasteiger partial charge in [-0.3, -0.25) is 14.9 Å². The second-order valence-electron chi connectivity index (χ2n) is 6.22. The summed E-state index contributed by atoms with van der Waals surface area (Å²) in [7, 11) is 0. The Hall–Kier alpha value is -3.85. The lowest BCUT2D eigenvalue weighted by Gasteiger charge is -2.24. The first-order chi connectivity index (χ1) is 14.5. The van der Waals surface area contributed by atoms with Crippen LogP contribution in [0.3, 0.4) is 0 Å². The number of non-ortho nitro benzene ring substituents is 1. The second-order valence-corrected chi connectivity index (χ2v) is 6.63. The number of hydrazone groups is 1. The van der Waals surface area contributed by atoms with Crippen molar-refractivity contribution in [2.75, 3.05) is 6.61 Å². The topological polar surface area (TPSA) is 116 Å². The number of carbonyl (C=O) groups is 1. The molecule has 1 unspecified atom stereocenters. The van der Waals surface area contributed by atoms with Crippen molar-refractivity contribution in [3.8, 4) is 22.8 Å². The van der Waals surface area contributed by atoms with Crippen molar-refractivity contribution in [2.45, 2.75) is 6.10 Å². The molecular formula is C20H14ClN3O6. The maximum Gasteiger partial charge on any atom is 0.284 e. The van der Waals surface area contributed by atoms with E-state index in [1.165, 1.54) is 24.4 Å². The van der Waals surface area contributed by atoms with E-state index in [4.69, 9.17) is 25.5 Å². The number of benzene rings is 2. The van der Waals surface area contributed by atoms with E-state index < -0.39 is 16.9 Å². The summed E-state index contributed by atoms with van der Waals surface area (Å²) in [6.45, 7) is 0.0713. The summed E-state index contributed by atoms with van der Waals surface area (Å²) >= 11 is 6.10. The molecule has 1 atom stereocenters. The molecule has 2 heterocycles.